The molecule has 162 valence electrons. The molecule has 32 heavy (non-hydrogen) atoms. The number of carbonyl (C=O) groups excluding carboxylic acids is 1. The maximum atomic E-state index is 12.3. The average Bonchev–Trinajstić information content (AvgIpc) is 3.54. The molecule has 7 heteroatoms. The monoisotopic (exact) mass is 427 g/mol. The molecule has 0 bridgehead atoms. The third-order valence-electron chi connectivity index (χ3n) is 5.54. The summed E-state index contributed by atoms with van der Waals surface area (Å²) in [5.41, 5.74) is 5.09. The van der Waals surface area contributed by atoms with Crippen LogP contribution in [0.5, 0.6) is 0 Å². The third-order valence-corrected chi connectivity index (χ3v) is 5.54. The summed E-state index contributed by atoms with van der Waals surface area (Å²) in [5.74, 6) is 0.648. The van der Waals surface area contributed by atoms with E-state index in [0.717, 1.165) is 35.4 Å². The Kier molecular flexibility index (Phi) is 5.56. The quantitative estimate of drug-likeness (QED) is 0.373. The van der Waals surface area contributed by atoms with Crippen LogP contribution in [0.4, 0.5) is 5.82 Å². The van der Waals surface area contributed by atoms with Gasteiger partial charge >= 0.3 is 0 Å². The molecule has 4 aromatic rings. The molecule has 1 aliphatic rings. The van der Waals surface area contributed by atoms with Crippen LogP contribution in [0.2, 0.25) is 0 Å². The fourth-order valence-electron chi connectivity index (χ4n) is 3.64. The number of benzene rings is 2. The van der Waals surface area contributed by atoms with Crippen LogP contribution in [0.15, 0.2) is 67.0 Å². The van der Waals surface area contributed by atoms with Gasteiger partial charge in [-0.3, -0.25) is 9.20 Å². The van der Waals surface area contributed by atoms with Gasteiger partial charge in [0.25, 0.3) is 5.91 Å². The van der Waals surface area contributed by atoms with E-state index in [0.29, 0.717) is 36.0 Å². The topological polar surface area (TPSA) is 91.5 Å². The molecule has 1 saturated carbocycles. The Morgan fingerprint density at radius 2 is 1.84 bits per heavy atom. The first-order valence-electron chi connectivity index (χ1n) is 10.9. The number of aromatic nitrogens is 3. The second-order valence-electron chi connectivity index (χ2n) is 8.01. The van der Waals surface area contributed by atoms with E-state index >= 15 is 0 Å². The Labute approximate surface area is 186 Å². The lowest BCUT2D eigenvalue weighted by atomic mass is 10.1. The van der Waals surface area contributed by atoms with Crippen molar-refractivity contribution in [1.82, 2.24) is 19.7 Å². The first kappa shape index (κ1) is 20.2. The SMILES string of the molecule is O=C(NC1CC1)c1ccc(-c2cnc3c(NCCCO)nc(-c4ccccc4)cn23)cc1. The van der Waals surface area contributed by atoms with Gasteiger partial charge in [-0.1, -0.05) is 42.5 Å². The molecule has 0 saturated heterocycles. The maximum absolute atomic E-state index is 12.3. The van der Waals surface area contributed by atoms with Gasteiger partial charge in [-0.15, -0.1) is 0 Å². The number of fused-ring (bicyclic) bond motifs is 1. The number of amides is 1. The largest absolute Gasteiger partial charge is 0.396 e. The van der Waals surface area contributed by atoms with Crippen molar-refractivity contribution in [3.05, 3.63) is 72.6 Å². The molecule has 0 radical (unpaired) electrons. The smallest absolute Gasteiger partial charge is 0.251 e. The fraction of sp³-hybridized carbons (Fsp3) is 0.240. The Balaban J connectivity index is 1.53. The van der Waals surface area contributed by atoms with Crippen molar-refractivity contribution >= 4 is 17.4 Å². The highest BCUT2D eigenvalue weighted by Gasteiger charge is 2.23. The van der Waals surface area contributed by atoms with Gasteiger partial charge in [0, 0.05) is 42.1 Å². The number of nitrogens with one attached hydrogen (secondary N) is 2. The fourth-order valence-corrected chi connectivity index (χ4v) is 3.64. The molecule has 3 N–H and O–H groups in total. The van der Waals surface area contributed by atoms with E-state index < -0.39 is 0 Å². The van der Waals surface area contributed by atoms with Crippen molar-refractivity contribution in [2.45, 2.75) is 25.3 Å². The summed E-state index contributed by atoms with van der Waals surface area (Å²) in [6, 6.07) is 17.9. The van der Waals surface area contributed by atoms with E-state index in [4.69, 9.17) is 10.1 Å². The van der Waals surface area contributed by atoms with Gasteiger partial charge in [0.15, 0.2) is 11.5 Å². The van der Waals surface area contributed by atoms with E-state index in [1.165, 1.54) is 0 Å². The molecular weight excluding hydrogens is 402 g/mol. The van der Waals surface area contributed by atoms with Gasteiger partial charge in [-0.05, 0) is 31.4 Å². The molecule has 0 unspecified atom stereocenters. The van der Waals surface area contributed by atoms with Crippen LogP contribution in [0.1, 0.15) is 29.6 Å². The normalized spacial score (nSPS) is 13.3. The van der Waals surface area contributed by atoms with E-state index in [2.05, 4.69) is 15.6 Å². The van der Waals surface area contributed by atoms with E-state index in [9.17, 15) is 4.79 Å². The van der Waals surface area contributed by atoms with Crippen molar-refractivity contribution < 1.29 is 9.90 Å². The van der Waals surface area contributed by atoms with Crippen LogP contribution in [0.3, 0.4) is 0 Å². The summed E-state index contributed by atoms with van der Waals surface area (Å²) in [5, 5.41) is 15.5. The van der Waals surface area contributed by atoms with Gasteiger partial charge < -0.3 is 15.7 Å². The number of imidazole rings is 1. The van der Waals surface area contributed by atoms with Crippen LogP contribution >= 0.6 is 0 Å². The zero-order valence-corrected chi connectivity index (χ0v) is 17.7. The molecule has 1 amide bonds. The van der Waals surface area contributed by atoms with Gasteiger partial charge in [-0.25, -0.2) is 9.97 Å². The molecule has 0 spiro atoms. The molecule has 1 fully saturated rings. The third kappa shape index (κ3) is 4.20. The van der Waals surface area contributed by atoms with E-state index in [-0.39, 0.29) is 12.5 Å². The number of anilines is 1. The van der Waals surface area contributed by atoms with Crippen LogP contribution in [0.25, 0.3) is 28.2 Å². The van der Waals surface area contributed by atoms with Crippen LogP contribution < -0.4 is 10.6 Å². The average molecular weight is 428 g/mol. The molecule has 0 aliphatic heterocycles. The van der Waals surface area contributed by atoms with Gasteiger partial charge in [0.2, 0.25) is 0 Å². The van der Waals surface area contributed by atoms with Crippen molar-refractivity contribution in [1.29, 1.82) is 0 Å². The van der Waals surface area contributed by atoms with Crippen LogP contribution in [-0.4, -0.2) is 44.6 Å². The number of hydrogen-bond donors (Lipinski definition) is 3. The molecule has 2 heterocycles. The van der Waals surface area contributed by atoms with E-state index in [1.54, 1.807) is 0 Å². The van der Waals surface area contributed by atoms with Crippen LogP contribution in [0, 0.1) is 0 Å². The van der Waals surface area contributed by atoms with Gasteiger partial charge in [0.1, 0.15) is 0 Å². The summed E-state index contributed by atoms with van der Waals surface area (Å²) in [4.78, 5) is 21.7. The van der Waals surface area contributed by atoms with Gasteiger partial charge in [0.05, 0.1) is 17.6 Å². The number of aliphatic hydroxyl groups is 1. The second-order valence-corrected chi connectivity index (χ2v) is 8.01. The highest BCUT2D eigenvalue weighted by Crippen LogP contribution is 2.28. The van der Waals surface area contributed by atoms with Crippen molar-refractivity contribution in [3.8, 4) is 22.5 Å². The van der Waals surface area contributed by atoms with Crippen molar-refractivity contribution in [3.63, 3.8) is 0 Å². The number of hydrogen-bond acceptors (Lipinski definition) is 5. The van der Waals surface area contributed by atoms with Crippen molar-refractivity contribution in [2.75, 3.05) is 18.5 Å². The predicted molar refractivity (Wildman–Crippen MR) is 125 cm³/mol. The lowest BCUT2D eigenvalue weighted by Gasteiger charge is -2.11. The molecule has 7 nitrogen and oxygen atoms in total. The molecule has 5 rings (SSSR count). The molecule has 2 aromatic carbocycles. The molecular formula is C25H25N5O2. The second kappa shape index (κ2) is 8.80. The van der Waals surface area contributed by atoms with E-state index in [1.807, 2.05) is 71.4 Å². The Hall–Kier alpha value is -3.71. The summed E-state index contributed by atoms with van der Waals surface area (Å²) in [6.45, 7) is 0.715. The number of nitrogens with zero attached hydrogens (tertiary/aromatic N) is 3. The standard InChI is InChI=1S/C25H25N5O2/c31-14-4-13-26-23-24-27-15-22(30(24)16-21(29-23)17-5-2-1-3-6-17)18-7-9-19(10-8-18)25(32)28-20-11-12-20/h1-3,5-10,15-16,20,31H,4,11-14H2,(H,26,29)(H,28,32). The molecule has 1 aliphatic carbocycles. The zero-order valence-electron chi connectivity index (χ0n) is 17.7. The lowest BCUT2D eigenvalue weighted by molar-refractivity contribution is 0.0951. The van der Waals surface area contributed by atoms with Crippen LogP contribution in [-0.2, 0) is 0 Å². The zero-order chi connectivity index (χ0) is 21.9. The highest BCUT2D eigenvalue weighted by atomic mass is 16.3. The maximum Gasteiger partial charge on any atom is 0.251 e. The minimum absolute atomic E-state index is 0.0249. The summed E-state index contributed by atoms with van der Waals surface area (Å²) < 4.78 is 2.02. The Morgan fingerprint density at radius 1 is 1.06 bits per heavy atom. The number of aliphatic hydroxyl groups excluding tert-OH is 1. The lowest BCUT2D eigenvalue weighted by Crippen LogP contribution is -2.25. The molecule has 0 atom stereocenters. The van der Waals surface area contributed by atoms with Crippen molar-refractivity contribution in [2.24, 2.45) is 0 Å². The first-order chi connectivity index (χ1) is 15.7. The Bertz CT molecular complexity index is 1230. The molecule has 2 aromatic heterocycles. The predicted octanol–water partition coefficient (Wildman–Crippen LogP) is 3.75. The summed E-state index contributed by atoms with van der Waals surface area (Å²) in [6.07, 6.45) is 6.57. The number of carbonyl (C=O) groups is 1. The van der Waals surface area contributed by atoms with Gasteiger partial charge in [-0.2, -0.15) is 0 Å². The minimum atomic E-state index is -0.0249. The summed E-state index contributed by atoms with van der Waals surface area (Å²) >= 11 is 0. The Morgan fingerprint density at radius 3 is 2.56 bits per heavy atom. The summed E-state index contributed by atoms with van der Waals surface area (Å²) in [7, 11) is 0. The number of rotatable bonds is 8. The first-order valence-corrected chi connectivity index (χ1v) is 10.9. The minimum Gasteiger partial charge on any atom is -0.396 e. The highest BCUT2D eigenvalue weighted by molar-refractivity contribution is 5.95.